The molecule has 2 aliphatic heterocycles. The van der Waals surface area contributed by atoms with Crippen LogP contribution in [0.3, 0.4) is 0 Å². The van der Waals surface area contributed by atoms with Gasteiger partial charge in [-0.25, -0.2) is 9.97 Å². The minimum Gasteiger partial charge on any atom is -0.507 e. The summed E-state index contributed by atoms with van der Waals surface area (Å²) in [5.41, 5.74) is 18.7. The third-order valence-electron chi connectivity index (χ3n) is 10.5. The molecule has 0 amide bonds. The molecule has 7 rings (SSSR count). The predicted octanol–water partition coefficient (Wildman–Crippen LogP) is 4.61. The molecule has 1 saturated heterocycles. The molecule has 1 aromatic carbocycles. The number of nitrogens with two attached hydrogens (primary N) is 2. The minimum absolute atomic E-state index is 0.00283. The molecule has 42 heavy (non-hydrogen) atoms. The monoisotopic (exact) mass is 567 g/mol. The first-order valence-corrected chi connectivity index (χ1v) is 15.4. The summed E-state index contributed by atoms with van der Waals surface area (Å²) in [5, 5.41) is 10.3. The largest absolute Gasteiger partial charge is 0.507 e. The molecule has 9 nitrogen and oxygen atoms in total. The molecular formula is C33H41N7O2. The number of phenols is 1. The highest BCUT2D eigenvalue weighted by Gasteiger charge is 2.54. The van der Waals surface area contributed by atoms with Gasteiger partial charge >= 0.3 is 0 Å². The van der Waals surface area contributed by atoms with E-state index < -0.39 is 0 Å². The number of nitrogen functional groups attached to an aromatic ring is 1. The van der Waals surface area contributed by atoms with Crippen molar-refractivity contribution in [2.24, 2.45) is 17.1 Å². The number of rotatable bonds is 6. The number of carbonyl (C=O) groups is 1. The summed E-state index contributed by atoms with van der Waals surface area (Å²) < 4.78 is 0. The van der Waals surface area contributed by atoms with Crippen molar-refractivity contribution < 1.29 is 9.90 Å². The number of nitrogens with zero attached hydrogens (tertiary/aromatic N) is 4. The summed E-state index contributed by atoms with van der Waals surface area (Å²) >= 11 is 0. The standard InChI is InChI=1S/C33H41N7O2/c1-20-30-26(12-27(34)25-4-2-3-5-29(25)42)31(35)38-28(30)8-11-40(20)32-36-17-23(18-37-32)22-6-9-39(10-7-22)24-15-33(16-24)13-21(14-33)19-41/h2-5,12,17-22,24,38,42H,6-11,13-16,34-35H2,1H3/b27-12-. The Morgan fingerprint density at radius 3 is 2.50 bits per heavy atom. The van der Waals surface area contributed by atoms with Crippen LogP contribution in [-0.4, -0.2) is 56.9 Å². The maximum absolute atomic E-state index is 11.0. The lowest BCUT2D eigenvalue weighted by atomic mass is 9.50. The van der Waals surface area contributed by atoms with E-state index in [1.165, 1.54) is 18.4 Å². The number of carbonyl (C=O) groups excluding carboxylic acids is 1. The molecule has 220 valence electrons. The Bertz CT molecular complexity index is 1490. The van der Waals surface area contributed by atoms with E-state index >= 15 is 0 Å². The first-order chi connectivity index (χ1) is 20.3. The molecule has 6 N–H and O–H groups in total. The van der Waals surface area contributed by atoms with E-state index in [1.807, 2.05) is 24.5 Å². The van der Waals surface area contributed by atoms with Crippen LogP contribution in [0.1, 0.15) is 85.4 Å². The smallest absolute Gasteiger partial charge is 0.225 e. The van der Waals surface area contributed by atoms with E-state index in [0.29, 0.717) is 40.4 Å². The topological polar surface area (TPSA) is 137 Å². The third-order valence-corrected chi connectivity index (χ3v) is 10.5. The summed E-state index contributed by atoms with van der Waals surface area (Å²) in [7, 11) is 0. The van der Waals surface area contributed by atoms with Crippen LogP contribution in [0.4, 0.5) is 11.8 Å². The molecule has 2 saturated carbocycles. The summed E-state index contributed by atoms with van der Waals surface area (Å²) in [4.78, 5) is 29.0. The number of phenolic OH excluding ortho intramolecular Hbond substituents is 1. The highest BCUT2D eigenvalue weighted by Crippen LogP contribution is 2.59. The van der Waals surface area contributed by atoms with Crippen molar-refractivity contribution in [3.63, 3.8) is 0 Å². The third kappa shape index (κ3) is 4.64. The molecule has 1 atom stereocenters. The van der Waals surface area contributed by atoms with Crippen molar-refractivity contribution in [2.45, 2.75) is 69.9 Å². The number of anilines is 2. The second-order valence-electron chi connectivity index (χ2n) is 13.1. The van der Waals surface area contributed by atoms with Crippen LogP contribution in [0.5, 0.6) is 5.75 Å². The highest BCUT2D eigenvalue weighted by molar-refractivity contribution is 5.86. The van der Waals surface area contributed by atoms with E-state index in [9.17, 15) is 9.90 Å². The average molecular weight is 568 g/mol. The lowest BCUT2D eigenvalue weighted by Gasteiger charge is -2.59. The van der Waals surface area contributed by atoms with Crippen LogP contribution in [0.2, 0.25) is 0 Å². The van der Waals surface area contributed by atoms with Crippen LogP contribution in [0.15, 0.2) is 36.7 Å². The van der Waals surface area contributed by atoms with E-state index in [1.54, 1.807) is 18.2 Å². The number of aldehydes is 1. The van der Waals surface area contributed by atoms with Crippen LogP contribution in [0, 0.1) is 11.3 Å². The summed E-state index contributed by atoms with van der Waals surface area (Å²) in [5.74, 6) is 2.26. The van der Waals surface area contributed by atoms with E-state index in [-0.39, 0.29) is 11.8 Å². The Morgan fingerprint density at radius 1 is 1.10 bits per heavy atom. The zero-order valence-corrected chi connectivity index (χ0v) is 24.3. The Balaban J connectivity index is 1.01. The second kappa shape index (κ2) is 10.5. The number of piperidine rings is 1. The first kappa shape index (κ1) is 27.0. The van der Waals surface area contributed by atoms with E-state index in [0.717, 1.165) is 80.8 Å². The van der Waals surface area contributed by atoms with Crippen LogP contribution in [-0.2, 0) is 11.2 Å². The van der Waals surface area contributed by atoms with Gasteiger partial charge in [-0.2, -0.15) is 0 Å². The number of nitrogens with one attached hydrogen (secondary N) is 1. The zero-order chi connectivity index (χ0) is 29.0. The molecule has 4 heterocycles. The quantitative estimate of drug-likeness (QED) is 0.317. The number of H-pyrrole nitrogens is 1. The molecule has 9 heteroatoms. The Morgan fingerprint density at radius 2 is 1.81 bits per heavy atom. The maximum Gasteiger partial charge on any atom is 0.225 e. The van der Waals surface area contributed by atoms with Crippen LogP contribution < -0.4 is 16.4 Å². The number of hydrogen-bond donors (Lipinski definition) is 4. The Labute approximate surface area is 247 Å². The molecule has 3 aromatic rings. The molecule has 1 spiro atoms. The minimum atomic E-state index is 0.00283. The SMILES string of the molecule is CC1c2c([nH]c(N)c2/C=C(\N)c2ccccc2O)CCN1c1ncc(C2CCN(C3CC4(CC(C=O)C4)C3)CC2)cn1. The Hall–Kier alpha value is -3.85. The van der Waals surface area contributed by atoms with Gasteiger partial charge in [0.25, 0.3) is 0 Å². The fourth-order valence-electron chi connectivity index (χ4n) is 8.21. The van der Waals surface area contributed by atoms with Gasteiger partial charge in [-0.15, -0.1) is 0 Å². The fraction of sp³-hybridized carbons (Fsp3) is 0.485. The van der Waals surface area contributed by atoms with Crippen molar-refractivity contribution in [3.05, 3.63) is 64.6 Å². The molecular weight excluding hydrogens is 526 g/mol. The predicted molar refractivity (Wildman–Crippen MR) is 165 cm³/mol. The van der Waals surface area contributed by atoms with Crippen molar-refractivity contribution >= 4 is 29.8 Å². The van der Waals surface area contributed by atoms with E-state index in [4.69, 9.17) is 21.4 Å². The number of hydrogen-bond acceptors (Lipinski definition) is 8. The van der Waals surface area contributed by atoms with Gasteiger partial charge in [0.15, 0.2) is 0 Å². The average Bonchev–Trinajstić information content (AvgIpc) is 3.28. The van der Waals surface area contributed by atoms with Crippen LogP contribution in [0.25, 0.3) is 11.8 Å². The van der Waals surface area contributed by atoms with Crippen molar-refractivity contribution in [3.8, 4) is 5.75 Å². The summed E-state index contributed by atoms with van der Waals surface area (Å²) in [6.45, 7) is 5.20. The zero-order valence-electron chi connectivity index (χ0n) is 24.3. The van der Waals surface area contributed by atoms with Crippen molar-refractivity contribution in [2.75, 3.05) is 30.3 Å². The van der Waals surface area contributed by atoms with Crippen molar-refractivity contribution in [1.82, 2.24) is 19.9 Å². The van der Waals surface area contributed by atoms with Gasteiger partial charge in [-0.3, -0.25) is 0 Å². The van der Waals surface area contributed by atoms with Crippen LogP contribution >= 0.6 is 0 Å². The lowest BCUT2D eigenvalue weighted by molar-refractivity contribution is -0.130. The normalized spacial score (nSPS) is 28.3. The molecule has 2 aromatic heterocycles. The number of aromatic amines is 1. The molecule has 2 aliphatic carbocycles. The van der Waals surface area contributed by atoms with Gasteiger partial charge in [-0.05, 0) is 93.6 Å². The summed E-state index contributed by atoms with van der Waals surface area (Å²) in [6.07, 6.45) is 14.9. The Kier molecular flexibility index (Phi) is 6.72. The van der Waals surface area contributed by atoms with Gasteiger partial charge in [0.2, 0.25) is 5.95 Å². The number of likely N-dealkylation sites (tertiary alicyclic amines) is 1. The maximum atomic E-state index is 11.0. The van der Waals surface area contributed by atoms with Gasteiger partial charge in [0, 0.05) is 65.4 Å². The van der Waals surface area contributed by atoms with Gasteiger partial charge < -0.3 is 36.2 Å². The molecule has 1 unspecified atom stereocenters. The number of para-hydroxylation sites is 1. The first-order valence-electron chi connectivity index (χ1n) is 15.4. The number of aromatic nitrogens is 3. The number of benzene rings is 1. The van der Waals surface area contributed by atoms with E-state index in [2.05, 4.69) is 21.7 Å². The molecule has 4 aliphatic rings. The number of fused-ring (bicyclic) bond motifs is 1. The second-order valence-corrected chi connectivity index (χ2v) is 13.1. The molecule has 0 radical (unpaired) electrons. The lowest BCUT2D eigenvalue weighted by Crippen LogP contribution is -2.57. The molecule has 3 fully saturated rings. The molecule has 0 bridgehead atoms. The fourth-order valence-corrected chi connectivity index (χ4v) is 8.21. The van der Waals surface area contributed by atoms with Crippen molar-refractivity contribution in [1.29, 1.82) is 0 Å². The number of aromatic hydroxyl groups is 1. The van der Waals surface area contributed by atoms with Gasteiger partial charge in [0.1, 0.15) is 17.9 Å². The van der Waals surface area contributed by atoms with Gasteiger partial charge in [0.05, 0.1) is 6.04 Å². The van der Waals surface area contributed by atoms with Gasteiger partial charge in [-0.1, -0.05) is 12.1 Å². The summed E-state index contributed by atoms with van der Waals surface area (Å²) in [6, 6.07) is 7.77. The highest BCUT2D eigenvalue weighted by atomic mass is 16.3.